The Bertz CT molecular complexity index is 781. The van der Waals surface area contributed by atoms with Crippen molar-refractivity contribution in [3.63, 3.8) is 0 Å². The van der Waals surface area contributed by atoms with Gasteiger partial charge in [-0.05, 0) is 19.1 Å². The van der Waals surface area contributed by atoms with Gasteiger partial charge in [-0.15, -0.1) is 0 Å². The zero-order valence-corrected chi connectivity index (χ0v) is 14.1. The highest BCUT2D eigenvalue weighted by Gasteiger charge is 2.17. The molecule has 0 aliphatic rings. The van der Waals surface area contributed by atoms with Crippen LogP contribution in [0.25, 0.3) is 0 Å². The molecular weight excluding hydrogens is 348 g/mol. The molecule has 132 valence electrons. The summed E-state index contributed by atoms with van der Waals surface area (Å²) in [5.41, 5.74) is 10.9. The SMILES string of the molecule is CCOc1ccc(NC(=O)CSc2nc(N)cc(N)n2)c([N+](=O)[O-])c1. The molecule has 0 saturated carbocycles. The van der Waals surface area contributed by atoms with Crippen LogP contribution in [-0.4, -0.2) is 33.2 Å². The van der Waals surface area contributed by atoms with E-state index in [1.54, 1.807) is 13.0 Å². The fourth-order valence-electron chi connectivity index (χ4n) is 1.87. The Balaban J connectivity index is 2.05. The van der Waals surface area contributed by atoms with E-state index in [1.807, 2.05) is 0 Å². The Morgan fingerprint density at radius 1 is 1.32 bits per heavy atom. The molecule has 0 bridgehead atoms. The quantitative estimate of drug-likeness (QED) is 0.287. The Hall–Kier alpha value is -3.08. The van der Waals surface area contributed by atoms with Crippen LogP contribution < -0.4 is 21.5 Å². The summed E-state index contributed by atoms with van der Waals surface area (Å²) in [7, 11) is 0. The van der Waals surface area contributed by atoms with Crippen molar-refractivity contribution in [1.82, 2.24) is 9.97 Å². The van der Waals surface area contributed by atoms with Crippen LogP contribution in [0, 0.1) is 10.1 Å². The highest BCUT2D eigenvalue weighted by Crippen LogP contribution is 2.29. The first-order valence-electron chi connectivity index (χ1n) is 7.13. The topological polar surface area (TPSA) is 159 Å². The van der Waals surface area contributed by atoms with Gasteiger partial charge in [0, 0.05) is 6.07 Å². The molecule has 1 aromatic carbocycles. The number of benzene rings is 1. The van der Waals surface area contributed by atoms with Crippen LogP contribution in [0.15, 0.2) is 29.4 Å². The maximum Gasteiger partial charge on any atom is 0.296 e. The van der Waals surface area contributed by atoms with Crippen molar-refractivity contribution in [3.8, 4) is 5.75 Å². The standard InChI is InChI=1S/C14H16N6O4S/c1-2-24-8-3-4-9(10(5-8)20(22)23)17-13(21)7-25-14-18-11(15)6-12(16)19-14/h3-6H,2,7H2,1H3,(H,17,21)(H4,15,16,18,19). The number of amides is 1. The van der Waals surface area contributed by atoms with E-state index in [9.17, 15) is 14.9 Å². The van der Waals surface area contributed by atoms with E-state index in [0.717, 1.165) is 11.8 Å². The number of aromatic nitrogens is 2. The lowest BCUT2D eigenvalue weighted by Crippen LogP contribution is -2.15. The van der Waals surface area contributed by atoms with Crippen LogP contribution in [0.5, 0.6) is 5.75 Å². The lowest BCUT2D eigenvalue weighted by Gasteiger charge is -2.08. The molecule has 0 fully saturated rings. The van der Waals surface area contributed by atoms with Crippen molar-refractivity contribution < 1.29 is 14.5 Å². The number of thioether (sulfide) groups is 1. The van der Waals surface area contributed by atoms with E-state index in [2.05, 4.69) is 15.3 Å². The van der Waals surface area contributed by atoms with Gasteiger partial charge in [-0.1, -0.05) is 11.8 Å². The largest absolute Gasteiger partial charge is 0.494 e. The molecule has 11 heteroatoms. The van der Waals surface area contributed by atoms with Gasteiger partial charge in [-0.3, -0.25) is 14.9 Å². The molecule has 2 aromatic rings. The number of carbonyl (C=O) groups excluding carboxylic acids is 1. The molecule has 10 nitrogen and oxygen atoms in total. The summed E-state index contributed by atoms with van der Waals surface area (Å²) < 4.78 is 5.22. The second-order valence-electron chi connectivity index (χ2n) is 4.71. The van der Waals surface area contributed by atoms with Gasteiger partial charge in [0.15, 0.2) is 5.16 Å². The third-order valence-corrected chi connectivity index (χ3v) is 3.68. The van der Waals surface area contributed by atoms with E-state index >= 15 is 0 Å². The maximum absolute atomic E-state index is 12.0. The maximum atomic E-state index is 12.0. The van der Waals surface area contributed by atoms with Crippen LogP contribution in [-0.2, 0) is 4.79 Å². The van der Waals surface area contributed by atoms with Gasteiger partial charge < -0.3 is 21.5 Å². The molecule has 0 aliphatic heterocycles. The number of carbonyl (C=O) groups is 1. The number of nitrogens with one attached hydrogen (secondary N) is 1. The Morgan fingerprint density at radius 3 is 2.60 bits per heavy atom. The number of nitro benzene ring substituents is 1. The van der Waals surface area contributed by atoms with Crippen LogP contribution in [0.3, 0.4) is 0 Å². The number of nitro groups is 1. The summed E-state index contributed by atoms with van der Waals surface area (Å²) in [5.74, 6) is 0.218. The third-order valence-electron chi connectivity index (χ3n) is 2.83. The molecular formula is C14H16N6O4S. The van der Waals surface area contributed by atoms with Gasteiger partial charge in [-0.25, -0.2) is 9.97 Å². The molecule has 2 rings (SSSR count). The van der Waals surface area contributed by atoms with Gasteiger partial charge in [0.2, 0.25) is 5.91 Å². The minimum atomic E-state index is -0.590. The normalized spacial score (nSPS) is 10.3. The molecule has 1 aromatic heterocycles. The minimum absolute atomic E-state index is 0.0622. The van der Waals surface area contributed by atoms with Crippen molar-refractivity contribution in [1.29, 1.82) is 0 Å². The van der Waals surface area contributed by atoms with Gasteiger partial charge in [0.05, 0.1) is 23.3 Å². The highest BCUT2D eigenvalue weighted by atomic mass is 32.2. The number of nitrogens with zero attached hydrogens (tertiary/aromatic N) is 3. The number of hydrogen-bond acceptors (Lipinski definition) is 9. The second-order valence-corrected chi connectivity index (χ2v) is 5.65. The van der Waals surface area contributed by atoms with Crippen molar-refractivity contribution in [2.45, 2.75) is 12.1 Å². The molecule has 0 unspecified atom stereocenters. The molecule has 1 amide bonds. The van der Waals surface area contributed by atoms with E-state index in [1.165, 1.54) is 18.2 Å². The molecule has 0 atom stereocenters. The third kappa shape index (κ3) is 5.21. The van der Waals surface area contributed by atoms with E-state index in [-0.39, 0.29) is 33.9 Å². The number of rotatable bonds is 7. The van der Waals surface area contributed by atoms with Crippen LogP contribution in [0.2, 0.25) is 0 Å². The van der Waals surface area contributed by atoms with E-state index in [4.69, 9.17) is 16.2 Å². The Labute approximate surface area is 147 Å². The average Bonchev–Trinajstić information content (AvgIpc) is 2.53. The summed E-state index contributed by atoms with van der Waals surface area (Å²) in [6.45, 7) is 2.15. The summed E-state index contributed by atoms with van der Waals surface area (Å²) in [6, 6.07) is 5.61. The van der Waals surface area contributed by atoms with Gasteiger partial charge in [0.25, 0.3) is 5.69 Å². The summed E-state index contributed by atoms with van der Waals surface area (Å²) in [5, 5.41) is 13.9. The summed E-state index contributed by atoms with van der Waals surface area (Å²) in [4.78, 5) is 30.5. The molecule has 0 radical (unpaired) electrons. The van der Waals surface area contributed by atoms with Crippen LogP contribution in [0.1, 0.15) is 6.92 Å². The molecule has 1 heterocycles. The van der Waals surface area contributed by atoms with Crippen molar-refractivity contribution in [2.24, 2.45) is 0 Å². The molecule has 0 aliphatic carbocycles. The predicted octanol–water partition coefficient (Wildman–Crippen LogP) is 1.68. The zero-order valence-electron chi connectivity index (χ0n) is 13.3. The highest BCUT2D eigenvalue weighted by molar-refractivity contribution is 7.99. The van der Waals surface area contributed by atoms with Gasteiger partial charge in [0.1, 0.15) is 23.1 Å². The van der Waals surface area contributed by atoms with Crippen LogP contribution >= 0.6 is 11.8 Å². The smallest absolute Gasteiger partial charge is 0.296 e. The first-order chi connectivity index (χ1) is 11.9. The number of anilines is 3. The van der Waals surface area contributed by atoms with Gasteiger partial charge in [-0.2, -0.15) is 0 Å². The number of nitrogens with two attached hydrogens (primary N) is 2. The lowest BCUT2D eigenvalue weighted by molar-refractivity contribution is -0.384. The van der Waals surface area contributed by atoms with E-state index < -0.39 is 10.8 Å². The molecule has 0 saturated heterocycles. The molecule has 25 heavy (non-hydrogen) atoms. The first-order valence-corrected chi connectivity index (χ1v) is 8.11. The van der Waals surface area contributed by atoms with E-state index in [0.29, 0.717) is 12.4 Å². The van der Waals surface area contributed by atoms with Crippen molar-refractivity contribution in [2.75, 3.05) is 29.1 Å². The Morgan fingerprint density at radius 2 is 2.00 bits per heavy atom. The fourth-order valence-corrected chi connectivity index (χ4v) is 2.54. The molecule has 5 N–H and O–H groups in total. The zero-order chi connectivity index (χ0) is 18.4. The second kappa shape index (κ2) is 8.15. The minimum Gasteiger partial charge on any atom is -0.494 e. The fraction of sp³-hybridized carbons (Fsp3) is 0.214. The predicted molar refractivity (Wildman–Crippen MR) is 94.5 cm³/mol. The van der Waals surface area contributed by atoms with Crippen molar-refractivity contribution >= 4 is 40.7 Å². The Kier molecular flexibility index (Phi) is 5.95. The number of hydrogen-bond donors (Lipinski definition) is 3. The monoisotopic (exact) mass is 364 g/mol. The number of nitrogen functional groups attached to an aromatic ring is 2. The lowest BCUT2D eigenvalue weighted by atomic mass is 10.2. The van der Waals surface area contributed by atoms with Crippen molar-refractivity contribution in [3.05, 3.63) is 34.4 Å². The summed E-state index contributed by atoms with van der Waals surface area (Å²) >= 11 is 1.01. The number of ether oxygens (including phenoxy) is 1. The average molecular weight is 364 g/mol. The summed E-state index contributed by atoms with van der Waals surface area (Å²) in [6.07, 6.45) is 0. The molecule has 0 spiro atoms. The van der Waals surface area contributed by atoms with Gasteiger partial charge >= 0.3 is 0 Å². The van der Waals surface area contributed by atoms with Crippen LogP contribution in [0.4, 0.5) is 23.0 Å². The first kappa shape index (κ1) is 18.3.